The van der Waals surface area contributed by atoms with E-state index >= 15 is 0 Å². The fourth-order valence-electron chi connectivity index (χ4n) is 2.86. The molecule has 2 aromatic heterocycles. The Morgan fingerprint density at radius 1 is 1.16 bits per heavy atom. The summed E-state index contributed by atoms with van der Waals surface area (Å²) < 4.78 is 7.93. The van der Waals surface area contributed by atoms with Gasteiger partial charge in [-0.15, -0.1) is 0 Å². The van der Waals surface area contributed by atoms with Crippen LogP contribution in [0.3, 0.4) is 0 Å². The van der Waals surface area contributed by atoms with Crippen molar-refractivity contribution in [1.82, 2.24) is 4.57 Å². The van der Waals surface area contributed by atoms with Gasteiger partial charge in [0.2, 0.25) is 0 Å². The highest BCUT2D eigenvalue weighted by atomic mass is 32.1. The van der Waals surface area contributed by atoms with E-state index in [2.05, 4.69) is 41.9 Å². The van der Waals surface area contributed by atoms with Crippen LogP contribution in [0.25, 0.3) is 6.08 Å². The average Bonchev–Trinajstić information content (AvgIpc) is 3.14. The van der Waals surface area contributed by atoms with Crippen LogP contribution in [0.1, 0.15) is 22.6 Å². The van der Waals surface area contributed by atoms with Crippen LogP contribution in [0.2, 0.25) is 0 Å². The quantitative estimate of drug-likeness (QED) is 0.710. The third-order valence-electron chi connectivity index (χ3n) is 4.47. The Morgan fingerprint density at radius 2 is 2.00 bits per heavy atom. The predicted octanol–water partition coefficient (Wildman–Crippen LogP) is 2.31. The van der Waals surface area contributed by atoms with Crippen LogP contribution < -0.4 is 19.8 Å². The molecule has 0 amide bonds. The number of nitrogens with zero attached hydrogens (tertiary/aromatic N) is 3. The maximum absolute atomic E-state index is 12.7. The first-order chi connectivity index (χ1) is 12.0. The van der Waals surface area contributed by atoms with E-state index in [-0.39, 0.29) is 5.56 Å². The van der Waals surface area contributed by atoms with Crippen LogP contribution in [-0.2, 0) is 6.67 Å². The molecule has 0 atom stereocenters. The molecule has 0 saturated heterocycles. The van der Waals surface area contributed by atoms with Gasteiger partial charge in [-0.3, -0.25) is 9.36 Å². The van der Waals surface area contributed by atoms with Gasteiger partial charge in [-0.1, -0.05) is 17.4 Å². The van der Waals surface area contributed by atoms with Crippen molar-refractivity contribution in [3.63, 3.8) is 0 Å². The summed E-state index contributed by atoms with van der Waals surface area (Å²) in [4.78, 5) is 20.2. The summed E-state index contributed by atoms with van der Waals surface area (Å²) in [5.41, 5.74) is 3.56. The summed E-state index contributed by atoms with van der Waals surface area (Å²) in [6.07, 6.45) is 1.79. The molecule has 3 aromatic rings. The third-order valence-corrected chi connectivity index (χ3v) is 5.51. The zero-order chi connectivity index (χ0) is 17.6. The van der Waals surface area contributed by atoms with Crippen molar-refractivity contribution in [2.24, 2.45) is 4.99 Å². The molecule has 0 N–H and O–H groups in total. The molecule has 0 unspecified atom stereocenters. The average molecular weight is 353 g/mol. The number of furan rings is 1. The van der Waals surface area contributed by atoms with E-state index in [0.29, 0.717) is 23.6 Å². The molecule has 4 rings (SSSR count). The Labute approximate surface area is 149 Å². The van der Waals surface area contributed by atoms with Crippen molar-refractivity contribution in [1.29, 1.82) is 0 Å². The SMILES string of the molecule is Cc1ccc(C=c2sc3n(c2=O)CN(c2ccc(C)c(C)c2)CN=3)o1. The molecule has 25 heavy (non-hydrogen) atoms. The molecule has 6 heteroatoms. The Balaban J connectivity index is 1.71. The minimum atomic E-state index is -0.0219. The lowest BCUT2D eigenvalue weighted by Crippen LogP contribution is -2.42. The van der Waals surface area contributed by atoms with Gasteiger partial charge < -0.3 is 9.32 Å². The number of fused-ring (bicyclic) bond motifs is 1. The Morgan fingerprint density at radius 3 is 2.72 bits per heavy atom. The minimum Gasteiger partial charge on any atom is -0.462 e. The molecule has 1 aliphatic heterocycles. The summed E-state index contributed by atoms with van der Waals surface area (Å²) >= 11 is 1.41. The highest BCUT2D eigenvalue weighted by Gasteiger charge is 2.16. The standard InChI is InChI=1S/C19H19N3O2S/c1-12-4-6-15(8-13(12)2)21-10-20-19-22(11-21)18(23)17(25-19)9-16-7-5-14(3)24-16/h4-9H,10-11H2,1-3H3. The smallest absolute Gasteiger partial charge is 0.271 e. The number of aromatic nitrogens is 1. The van der Waals surface area contributed by atoms with Gasteiger partial charge in [0.05, 0.1) is 4.53 Å². The van der Waals surface area contributed by atoms with E-state index < -0.39 is 0 Å². The number of anilines is 1. The van der Waals surface area contributed by atoms with Crippen LogP contribution >= 0.6 is 11.3 Å². The molecule has 0 spiro atoms. The van der Waals surface area contributed by atoms with Crippen molar-refractivity contribution in [3.8, 4) is 0 Å². The minimum absolute atomic E-state index is 0.0219. The van der Waals surface area contributed by atoms with Crippen molar-refractivity contribution < 1.29 is 4.42 Å². The highest BCUT2D eigenvalue weighted by Crippen LogP contribution is 2.19. The Hall–Kier alpha value is -2.60. The first-order valence-corrected chi connectivity index (χ1v) is 8.97. The van der Waals surface area contributed by atoms with E-state index in [0.717, 1.165) is 16.2 Å². The first kappa shape index (κ1) is 15.9. The second-order valence-corrected chi connectivity index (χ2v) is 7.33. The number of aryl methyl sites for hydroxylation is 3. The molecule has 0 fully saturated rings. The van der Waals surface area contributed by atoms with E-state index in [1.165, 1.54) is 22.5 Å². The van der Waals surface area contributed by atoms with Gasteiger partial charge in [-0.2, -0.15) is 0 Å². The number of benzene rings is 1. The molecule has 128 valence electrons. The summed E-state index contributed by atoms with van der Waals surface area (Å²) in [6.45, 7) is 7.16. The van der Waals surface area contributed by atoms with Gasteiger partial charge in [0, 0.05) is 11.8 Å². The summed E-state index contributed by atoms with van der Waals surface area (Å²) in [5.74, 6) is 1.53. The molecule has 0 radical (unpaired) electrons. The number of hydrogen-bond acceptors (Lipinski definition) is 5. The maximum Gasteiger partial charge on any atom is 0.271 e. The molecule has 0 aliphatic carbocycles. The molecule has 1 aromatic carbocycles. The fraction of sp³-hybridized carbons (Fsp3) is 0.263. The van der Waals surface area contributed by atoms with Gasteiger partial charge in [-0.05, 0) is 56.2 Å². The lowest BCUT2D eigenvalue weighted by molar-refractivity contribution is 0.524. The summed E-state index contributed by atoms with van der Waals surface area (Å²) in [6, 6.07) is 10.1. The van der Waals surface area contributed by atoms with Crippen LogP contribution in [0.5, 0.6) is 0 Å². The first-order valence-electron chi connectivity index (χ1n) is 8.16. The number of thiazole rings is 1. The molecule has 5 nitrogen and oxygen atoms in total. The molecule has 1 aliphatic rings. The van der Waals surface area contributed by atoms with E-state index in [4.69, 9.17) is 4.42 Å². The number of rotatable bonds is 2. The molecule has 0 saturated carbocycles. The zero-order valence-corrected chi connectivity index (χ0v) is 15.3. The zero-order valence-electron chi connectivity index (χ0n) is 14.4. The van der Waals surface area contributed by atoms with Gasteiger partial charge in [0.15, 0.2) is 4.80 Å². The normalized spacial score (nSPS) is 14.5. The summed E-state index contributed by atoms with van der Waals surface area (Å²) in [7, 11) is 0. The van der Waals surface area contributed by atoms with Gasteiger partial charge in [0.25, 0.3) is 5.56 Å². The highest BCUT2D eigenvalue weighted by molar-refractivity contribution is 7.07. The predicted molar refractivity (Wildman–Crippen MR) is 99.6 cm³/mol. The van der Waals surface area contributed by atoms with Crippen LogP contribution in [-0.4, -0.2) is 11.2 Å². The fourth-order valence-corrected chi connectivity index (χ4v) is 3.80. The number of hydrogen-bond donors (Lipinski definition) is 0. The van der Waals surface area contributed by atoms with E-state index in [9.17, 15) is 4.79 Å². The van der Waals surface area contributed by atoms with Crippen LogP contribution in [0, 0.1) is 20.8 Å². The van der Waals surface area contributed by atoms with Gasteiger partial charge >= 0.3 is 0 Å². The van der Waals surface area contributed by atoms with Crippen LogP contribution in [0.4, 0.5) is 5.69 Å². The Kier molecular flexibility index (Phi) is 3.84. The monoisotopic (exact) mass is 353 g/mol. The second-order valence-electron chi connectivity index (χ2n) is 6.32. The van der Waals surface area contributed by atoms with Crippen molar-refractivity contribution in [2.75, 3.05) is 11.6 Å². The maximum atomic E-state index is 12.7. The second kappa shape index (κ2) is 6.04. The summed E-state index contributed by atoms with van der Waals surface area (Å²) in [5, 5.41) is 0. The lowest BCUT2D eigenvalue weighted by Gasteiger charge is -2.26. The lowest BCUT2D eigenvalue weighted by atomic mass is 10.1. The van der Waals surface area contributed by atoms with Crippen molar-refractivity contribution in [2.45, 2.75) is 27.4 Å². The topological polar surface area (TPSA) is 50.7 Å². The van der Waals surface area contributed by atoms with Crippen LogP contribution in [0.15, 0.2) is 44.5 Å². The largest absolute Gasteiger partial charge is 0.462 e. The third kappa shape index (κ3) is 2.93. The molecular formula is C19H19N3O2S. The Bertz CT molecular complexity index is 1120. The molecule has 0 bridgehead atoms. The molecular weight excluding hydrogens is 334 g/mol. The van der Waals surface area contributed by atoms with Crippen molar-refractivity contribution in [3.05, 3.63) is 72.7 Å². The molecule has 3 heterocycles. The van der Waals surface area contributed by atoms with E-state index in [1.54, 1.807) is 10.6 Å². The van der Waals surface area contributed by atoms with Gasteiger partial charge in [0.1, 0.15) is 24.9 Å². The van der Waals surface area contributed by atoms with Crippen molar-refractivity contribution >= 4 is 23.1 Å². The van der Waals surface area contributed by atoms with Gasteiger partial charge in [-0.25, -0.2) is 4.99 Å². The van der Waals surface area contributed by atoms with E-state index in [1.807, 2.05) is 19.1 Å².